The Balaban J connectivity index is 1.25. The Kier molecular flexibility index (Phi) is 11.2. The summed E-state index contributed by atoms with van der Waals surface area (Å²) in [5.41, 5.74) is 1.77. The van der Waals surface area contributed by atoms with Crippen molar-refractivity contribution in [3.8, 4) is 5.75 Å². The van der Waals surface area contributed by atoms with Crippen LogP contribution in [0.1, 0.15) is 74.4 Å². The number of piperazine rings is 1. The fourth-order valence-electron chi connectivity index (χ4n) is 9.92. The molecule has 11 nitrogen and oxygen atoms in total. The number of fused-ring (bicyclic) bond motifs is 6. The molecule has 1 saturated carbocycles. The van der Waals surface area contributed by atoms with E-state index in [0.717, 1.165) is 37.1 Å². The number of nitrogens with zero attached hydrogens (tertiary/aromatic N) is 3. The Morgan fingerprint density at radius 3 is 2.68 bits per heavy atom. The maximum absolute atomic E-state index is 15.8. The molecule has 56 heavy (non-hydrogen) atoms. The first-order chi connectivity index (χ1) is 26.9. The van der Waals surface area contributed by atoms with Crippen LogP contribution in [0.25, 0.3) is 0 Å². The third kappa shape index (κ3) is 7.13. The molecule has 304 valence electrons. The summed E-state index contributed by atoms with van der Waals surface area (Å²) in [7, 11) is -4.10. The summed E-state index contributed by atoms with van der Waals surface area (Å²) in [5, 5.41) is -0.827. The highest BCUT2D eigenvalue weighted by Gasteiger charge is 2.59. The van der Waals surface area contributed by atoms with E-state index in [1.165, 1.54) is 0 Å². The number of hydrogen-bond donors (Lipinski definition) is 1. The zero-order valence-corrected chi connectivity index (χ0v) is 34.2. The monoisotopic (exact) mass is 812 g/mol. The highest BCUT2D eigenvalue weighted by molar-refractivity contribution is 7.90. The average molecular weight is 813 g/mol. The average Bonchev–Trinajstić information content (AvgIpc) is 3.19. The zero-order valence-electron chi connectivity index (χ0n) is 32.6. The van der Waals surface area contributed by atoms with E-state index in [-0.39, 0.29) is 52.8 Å². The van der Waals surface area contributed by atoms with E-state index in [0.29, 0.717) is 88.7 Å². The van der Waals surface area contributed by atoms with Crippen molar-refractivity contribution in [1.82, 2.24) is 14.5 Å². The van der Waals surface area contributed by atoms with E-state index in [1.807, 2.05) is 24.8 Å². The van der Waals surface area contributed by atoms with Gasteiger partial charge in [0.25, 0.3) is 11.8 Å². The molecule has 5 heterocycles. The van der Waals surface area contributed by atoms with Gasteiger partial charge in [-0.25, -0.2) is 17.5 Å². The van der Waals surface area contributed by atoms with Crippen LogP contribution >= 0.6 is 11.6 Å². The number of amides is 2. The van der Waals surface area contributed by atoms with Crippen LogP contribution in [0.2, 0.25) is 5.02 Å². The molecule has 2 aromatic carbocycles. The van der Waals surface area contributed by atoms with Crippen LogP contribution in [0.15, 0.2) is 42.0 Å². The van der Waals surface area contributed by atoms with Crippen molar-refractivity contribution >= 4 is 39.1 Å². The Labute approximate surface area is 334 Å². The number of sulfonamides is 1. The summed E-state index contributed by atoms with van der Waals surface area (Å²) in [6.45, 7) is 10.9. The van der Waals surface area contributed by atoms with Crippen molar-refractivity contribution in [3.05, 3.63) is 69.5 Å². The SMILES string of the molecule is CCO[C@@]1(C(=O)N2CCN3CCOC[C@@H]3C2)C2=C[C@@H](C2)[C@H](C)[C@@H](C)S(=O)(=O)NC(=O)c2ccc3c(c2)N(Cc2ccc(Cl)c(F)c2CCCCO3)C[C@@H]2CC[C@H]21. The van der Waals surface area contributed by atoms with E-state index in [9.17, 15) is 13.2 Å². The summed E-state index contributed by atoms with van der Waals surface area (Å²) < 4.78 is 64.8. The van der Waals surface area contributed by atoms with Crippen LogP contribution in [0, 0.1) is 29.5 Å². The first kappa shape index (κ1) is 39.6. The van der Waals surface area contributed by atoms with Gasteiger partial charge < -0.3 is 24.0 Å². The molecular formula is C42H54ClFN4O7S. The van der Waals surface area contributed by atoms with Crippen LogP contribution in [-0.2, 0) is 37.3 Å². The van der Waals surface area contributed by atoms with Gasteiger partial charge in [0, 0.05) is 57.4 Å². The van der Waals surface area contributed by atoms with Crippen LogP contribution in [-0.4, -0.2) is 106 Å². The smallest absolute Gasteiger partial charge is 0.264 e. The Hall–Kier alpha value is -3.23. The van der Waals surface area contributed by atoms with Gasteiger partial charge in [-0.15, -0.1) is 0 Å². The second kappa shape index (κ2) is 15.8. The molecule has 2 saturated heterocycles. The molecule has 3 fully saturated rings. The van der Waals surface area contributed by atoms with Gasteiger partial charge in [-0.3, -0.25) is 14.5 Å². The normalized spacial score (nSPS) is 32.1. The van der Waals surface area contributed by atoms with Crippen LogP contribution in [0.4, 0.5) is 10.1 Å². The molecule has 0 spiro atoms. The zero-order chi connectivity index (χ0) is 39.4. The second-order valence-corrected chi connectivity index (χ2v) is 19.0. The lowest BCUT2D eigenvalue weighted by Gasteiger charge is -2.55. The van der Waals surface area contributed by atoms with E-state index in [1.54, 1.807) is 31.2 Å². The number of carbonyl (C=O) groups excluding carboxylic acids is 2. The predicted octanol–water partition coefficient (Wildman–Crippen LogP) is 5.59. The first-order valence-corrected chi connectivity index (χ1v) is 22.3. The van der Waals surface area contributed by atoms with Crippen molar-refractivity contribution < 1.29 is 36.6 Å². The number of carbonyl (C=O) groups is 2. The Morgan fingerprint density at radius 1 is 1.09 bits per heavy atom. The lowest BCUT2D eigenvalue weighted by Crippen LogP contribution is -2.67. The summed E-state index contributed by atoms with van der Waals surface area (Å²) in [6, 6.07) is 8.57. The second-order valence-electron chi connectivity index (χ2n) is 16.6. The minimum atomic E-state index is -4.10. The van der Waals surface area contributed by atoms with Crippen molar-refractivity contribution in [2.75, 3.05) is 64.1 Å². The van der Waals surface area contributed by atoms with Gasteiger partial charge in [0.1, 0.15) is 11.6 Å². The summed E-state index contributed by atoms with van der Waals surface area (Å²) in [5.74, 6) is -1.28. The van der Waals surface area contributed by atoms with Gasteiger partial charge in [0.05, 0.1) is 41.8 Å². The number of hydrogen-bond acceptors (Lipinski definition) is 9. The maximum atomic E-state index is 15.8. The highest BCUT2D eigenvalue weighted by Crippen LogP contribution is 2.54. The molecule has 1 N–H and O–H groups in total. The maximum Gasteiger partial charge on any atom is 0.264 e. The van der Waals surface area contributed by atoms with Gasteiger partial charge in [0.15, 0.2) is 5.60 Å². The van der Waals surface area contributed by atoms with Gasteiger partial charge in [-0.05, 0) is 111 Å². The molecule has 9 rings (SSSR count). The van der Waals surface area contributed by atoms with Crippen LogP contribution in [0.3, 0.4) is 0 Å². The summed E-state index contributed by atoms with van der Waals surface area (Å²) in [6.07, 6.45) is 6.06. The summed E-state index contributed by atoms with van der Waals surface area (Å²) >= 11 is 6.33. The van der Waals surface area contributed by atoms with Gasteiger partial charge in [-0.2, -0.15) is 0 Å². The molecular weight excluding hydrogens is 759 g/mol. The van der Waals surface area contributed by atoms with Crippen molar-refractivity contribution in [1.29, 1.82) is 0 Å². The highest BCUT2D eigenvalue weighted by atomic mass is 35.5. The molecule has 5 aliphatic heterocycles. The Bertz CT molecular complexity index is 2000. The standard InChI is InChI=1S/C42H54ClFN4O7S/c1-4-55-42(41(50)47-15-14-46-16-18-53-25-33(46)24-47)32-19-31(20-32)26(2)27(3)56(51,52)45-40(49)28-10-13-38-37(21-28)48(23-30-8-11-35(30)42)22-29-9-12-36(43)39(44)34(29)7-5-6-17-54-38/h9-10,12-13,19,21,26-27,30-31,33,35H,4-8,11,14-18,20,22-25H2,1-3H3,(H,45,49)/t26-,27-,30+,31+,33+,35-,42+/m1/s1. The number of halogens is 2. The fraction of sp³-hybridized carbons (Fsp3) is 0.619. The molecule has 14 heteroatoms. The molecule has 4 bridgehead atoms. The quantitative estimate of drug-likeness (QED) is 0.396. The third-order valence-corrected chi connectivity index (χ3v) is 15.8. The molecule has 0 aromatic heterocycles. The van der Waals surface area contributed by atoms with Crippen molar-refractivity contribution in [2.45, 2.75) is 82.7 Å². The largest absolute Gasteiger partial charge is 0.491 e. The molecule has 2 aromatic rings. The van der Waals surface area contributed by atoms with Crippen LogP contribution < -0.4 is 14.4 Å². The van der Waals surface area contributed by atoms with Crippen molar-refractivity contribution in [3.63, 3.8) is 0 Å². The number of nitrogens with one attached hydrogen (secondary N) is 1. The number of benzene rings is 2. The van der Waals surface area contributed by atoms with E-state index in [4.69, 9.17) is 25.8 Å². The van der Waals surface area contributed by atoms with Gasteiger partial charge in [-0.1, -0.05) is 30.7 Å². The number of ether oxygens (including phenoxy) is 3. The molecule has 7 atom stereocenters. The lowest BCUT2D eigenvalue weighted by molar-refractivity contribution is -0.175. The molecule has 2 amide bonds. The molecule has 0 unspecified atom stereocenters. The number of rotatable bonds is 3. The Morgan fingerprint density at radius 2 is 1.91 bits per heavy atom. The first-order valence-electron chi connectivity index (χ1n) is 20.4. The molecule has 0 radical (unpaired) electrons. The number of morpholine rings is 1. The number of allylic oxidation sites excluding steroid dienone is 1. The van der Waals surface area contributed by atoms with Crippen LogP contribution in [0.5, 0.6) is 5.75 Å². The fourth-order valence-corrected chi connectivity index (χ4v) is 11.4. The lowest BCUT2D eigenvalue weighted by atomic mass is 9.57. The van der Waals surface area contributed by atoms with Gasteiger partial charge >= 0.3 is 0 Å². The van der Waals surface area contributed by atoms with E-state index >= 15 is 9.18 Å². The topological polar surface area (TPSA) is 118 Å². The molecule has 7 aliphatic rings. The predicted molar refractivity (Wildman–Crippen MR) is 212 cm³/mol. The molecule has 2 aliphatic carbocycles. The van der Waals surface area contributed by atoms with Crippen molar-refractivity contribution in [2.24, 2.45) is 23.7 Å². The van der Waals surface area contributed by atoms with Gasteiger partial charge in [0.2, 0.25) is 10.0 Å². The number of anilines is 1. The minimum absolute atomic E-state index is 0.00885. The van der Waals surface area contributed by atoms with E-state index in [2.05, 4.69) is 20.6 Å². The van der Waals surface area contributed by atoms with E-state index < -0.39 is 32.6 Å². The summed E-state index contributed by atoms with van der Waals surface area (Å²) in [4.78, 5) is 35.6. The minimum Gasteiger partial charge on any atom is -0.491 e. The third-order valence-electron chi connectivity index (χ3n) is 13.6.